The number of hydrogen-bond donors (Lipinski definition) is 2. The molecule has 0 spiro atoms. The molecule has 0 aliphatic heterocycles. The standard InChI is InChI=1S/C19H15ClF4N4O/c1-2-25-18-26-15(11-5-3-6-12(9-11)29-19(22,23)24)10-16(28-18)27-17-13(20)7-4-8-14(17)21/h3-10H,2H2,1H3,(H2,25,26,27,28). The number of halogens is 5. The maximum Gasteiger partial charge on any atom is 0.573 e. The highest BCUT2D eigenvalue weighted by Crippen LogP contribution is 2.31. The largest absolute Gasteiger partial charge is 0.573 e. The monoisotopic (exact) mass is 426 g/mol. The van der Waals surface area contributed by atoms with Crippen molar-refractivity contribution in [2.45, 2.75) is 13.3 Å². The maximum absolute atomic E-state index is 14.1. The molecule has 0 fully saturated rings. The molecule has 10 heteroatoms. The SMILES string of the molecule is CCNc1nc(Nc2c(F)cccc2Cl)cc(-c2cccc(OC(F)(F)F)c2)n1. The molecule has 0 unspecified atom stereocenters. The Labute approximate surface area is 168 Å². The summed E-state index contributed by atoms with van der Waals surface area (Å²) in [5, 5.41) is 5.87. The summed E-state index contributed by atoms with van der Waals surface area (Å²) in [7, 11) is 0. The molecule has 0 radical (unpaired) electrons. The Bertz CT molecular complexity index is 993. The number of alkyl halides is 3. The molecule has 3 aromatic rings. The molecule has 0 atom stereocenters. The molecular weight excluding hydrogens is 412 g/mol. The molecule has 1 aromatic heterocycles. The fourth-order valence-corrected chi connectivity index (χ4v) is 2.70. The molecule has 29 heavy (non-hydrogen) atoms. The first kappa shape index (κ1) is 20.7. The highest BCUT2D eigenvalue weighted by Gasteiger charge is 2.31. The van der Waals surface area contributed by atoms with E-state index in [0.29, 0.717) is 17.8 Å². The zero-order chi connectivity index (χ0) is 21.0. The summed E-state index contributed by atoms with van der Waals surface area (Å²) in [6.07, 6.45) is -4.81. The van der Waals surface area contributed by atoms with Gasteiger partial charge in [-0.05, 0) is 31.2 Å². The molecule has 0 bridgehead atoms. The molecule has 3 rings (SSSR count). The first-order chi connectivity index (χ1) is 13.7. The number of anilines is 3. The van der Waals surface area contributed by atoms with Gasteiger partial charge < -0.3 is 15.4 Å². The lowest BCUT2D eigenvalue weighted by atomic mass is 10.1. The first-order valence-corrected chi connectivity index (χ1v) is 8.83. The van der Waals surface area contributed by atoms with Crippen LogP contribution in [0.1, 0.15) is 6.92 Å². The fourth-order valence-electron chi connectivity index (χ4n) is 2.49. The Morgan fingerprint density at radius 1 is 1.07 bits per heavy atom. The van der Waals surface area contributed by atoms with Crippen LogP contribution in [0, 0.1) is 5.82 Å². The second kappa shape index (κ2) is 8.52. The minimum Gasteiger partial charge on any atom is -0.406 e. The second-order valence-corrected chi connectivity index (χ2v) is 6.20. The van der Waals surface area contributed by atoms with E-state index in [1.54, 1.807) is 6.07 Å². The lowest BCUT2D eigenvalue weighted by Crippen LogP contribution is -2.17. The minimum absolute atomic E-state index is 0.0235. The molecule has 0 aliphatic rings. The number of nitrogens with one attached hydrogen (secondary N) is 2. The summed E-state index contributed by atoms with van der Waals surface area (Å²) in [5.41, 5.74) is 0.685. The summed E-state index contributed by atoms with van der Waals surface area (Å²) in [4.78, 5) is 8.53. The van der Waals surface area contributed by atoms with Gasteiger partial charge in [-0.3, -0.25) is 0 Å². The third kappa shape index (κ3) is 5.47. The summed E-state index contributed by atoms with van der Waals surface area (Å²) in [5.74, 6) is -0.546. The van der Waals surface area contributed by atoms with Gasteiger partial charge in [0.15, 0.2) is 0 Å². The summed E-state index contributed by atoms with van der Waals surface area (Å²) in [6, 6.07) is 11.0. The quantitative estimate of drug-likeness (QED) is 0.473. The topological polar surface area (TPSA) is 59.1 Å². The van der Waals surface area contributed by atoms with Crippen molar-refractivity contribution in [2.75, 3.05) is 17.2 Å². The highest BCUT2D eigenvalue weighted by atomic mass is 35.5. The fraction of sp³-hybridized carbons (Fsp3) is 0.158. The van der Waals surface area contributed by atoms with Crippen molar-refractivity contribution < 1.29 is 22.3 Å². The normalized spacial score (nSPS) is 11.2. The number of benzene rings is 2. The average Bonchev–Trinajstić information content (AvgIpc) is 2.64. The molecular formula is C19H15ClF4N4O. The Hall–Kier alpha value is -3.07. The van der Waals surface area contributed by atoms with Gasteiger partial charge in [0, 0.05) is 18.2 Å². The Morgan fingerprint density at radius 2 is 1.83 bits per heavy atom. The van der Waals surface area contributed by atoms with E-state index in [1.165, 1.54) is 42.5 Å². The highest BCUT2D eigenvalue weighted by molar-refractivity contribution is 6.33. The number of nitrogens with zero attached hydrogens (tertiary/aromatic N) is 2. The van der Waals surface area contributed by atoms with E-state index in [4.69, 9.17) is 11.6 Å². The van der Waals surface area contributed by atoms with Gasteiger partial charge in [0.2, 0.25) is 5.95 Å². The Morgan fingerprint density at radius 3 is 2.52 bits per heavy atom. The molecule has 2 aromatic carbocycles. The van der Waals surface area contributed by atoms with E-state index >= 15 is 0 Å². The van der Waals surface area contributed by atoms with Crippen LogP contribution in [0.25, 0.3) is 11.3 Å². The van der Waals surface area contributed by atoms with Gasteiger partial charge in [0.1, 0.15) is 17.4 Å². The van der Waals surface area contributed by atoms with E-state index in [0.717, 1.165) is 0 Å². The first-order valence-electron chi connectivity index (χ1n) is 8.45. The zero-order valence-corrected chi connectivity index (χ0v) is 15.8. The van der Waals surface area contributed by atoms with Crippen LogP contribution in [0.4, 0.5) is 35.0 Å². The number of para-hydroxylation sites is 1. The van der Waals surface area contributed by atoms with Crippen LogP contribution in [0.3, 0.4) is 0 Å². The molecule has 1 heterocycles. The smallest absolute Gasteiger partial charge is 0.406 e. The third-order valence-corrected chi connectivity index (χ3v) is 3.96. The van der Waals surface area contributed by atoms with Gasteiger partial charge in [-0.25, -0.2) is 9.37 Å². The van der Waals surface area contributed by atoms with E-state index < -0.39 is 12.2 Å². The molecule has 0 aliphatic carbocycles. The molecule has 0 amide bonds. The van der Waals surface area contributed by atoms with Crippen LogP contribution in [-0.2, 0) is 0 Å². The van der Waals surface area contributed by atoms with E-state index in [2.05, 4.69) is 25.3 Å². The number of aromatic nitrogens is 2. The van der Waals surface area contributed by atoms with Gasteiger partial charge in [0.05, 0.1) is 16.4 Å². The van der Waals surface area contributed by atoms with Crippen LogP contribution < -0.4 is 15.4 Å². The van der Waals surface area contributed by atoms with Gasteiger partial charge in [0.25, 0.3) is 0 Å². The van der Waals surface area contributed by atoms with E-state index in [1.807, 2.05) is 6.92 Å². The van der Waals surface area contributed by atoms with Crippen molar-refractivity contribution >= 4 is 29.1 Å². The van der Waals surface area contributed by atoms with Gasteiger partial charge in [-0.1, -0.05) is 29.8 Å². The van der Waals surface area contributed by atoms with Crippen molar-refractivity contribution in [1.29, 1.82) is 0 Å². The third-order valence-electron chi connectivity index (χ3n) is 3.64. The molecule has 2 N–H and O–H groups in total. The Balaban J connectivity index is 2.00. The van der Waals surface area contributed by atoms with Crippen LogP contribution in [0.15, 0.2) is 48.5 Å². The molecule has 0 saturated carbocycles. The van der Waals surface area contributed by atoms with Crippen molar-refractivity contribution in [2.24, 2.45) is 0 Å². The van der Waals surface area contributed by atoms with Crippen molar-refractivity contribution in [3.63, 3.8) is 0 Å². The summed E-state index contributed by atoms with van der Waals surface area (Å²) >= 11 is 6.03. The zero-order valence-electron chi connectivity index (χ0n) is 15.0. The van der Waals surface area contributed by atoms with E-state index in [-0.39, 0.29) is 28.2 Å². The lowest BCUT2D eigenvalue weighted by molar-refractivity contribution is -0.274. The number of ether oxygens (including phenoxy) is 1. The maximum atomic E-state index is 14.1. The summed E-state index contributed by atoms with van der Waals surface area (Å²) in [6.45, 7) is 2.33. The van der Waals surface area contributed by atoms with Crippen molar-refractivity contribution in [3.8, 4) is 17.0 Å². The average molecular weight is 427 g/mol. The van der Waals surface area contributed by atoms with Gasteiger partial charge >= 0.3 is 6.36 Å². The van der Waals surface area contributed by atoms with Gasteiger partial charge in [-0.15, -0.1) is 13.2 Å². The lowest BCUT2D eigenvalue weighted by Gasteiger charge is -2.13. The van der Waals surface area contributed by atoms with E-state index in [9.17, 15) is 17.6 Å². The number of rotatable bonds is 6. The van der Waals surface area contributed by atoms with Gasteiger partial charge in [-0.2, -0.15) is 4.98 Å². The summed E-state index contributed by atoms with van der Waals surface area (Å²) < 4.78 is 55.6. The molecule has 5 nitrogen and oxygen atoms in total. The molecule has 0 saturated heterocycles. The predicted octanol–water partition coefficient (Wildman–Crippen LogP) is 6.01. The van der Waals surface area contributed by atoms with Crippen LogP contribution in [-0.4, -0.2) is 22.9 Å². The van der Waals surface area contributed by atoms with Crippen LogP contribution in [0.5, 0.6) is 5.75 Å². The van der Waals surface area contributed by atoms with Crippen LogP contribution >= 0.6 is 11.6 Å². The van der Waals surface area contributed by atoms with Crippen LogP contribution in [0.2, 0.25) is 5.02 Å². The van der Waals surface area contributed by atoms with Crippen molar-refractivity contribution in [1.82, 2.24) is 9.97 Å². The minimum atomic E-state index is -4.81. The second-order valence-electron chi connectivity index (χ2n) is 5.79. The number of hydrogen-bond acceptors (Lipinski definition) is 5. The molecule has 152 valence electrons. The predicted molar refractivity (Wildman–Crippen MR) is 103 cm³/mol. The van der Waals surface area contributed by atoms with Crippen molar-refractivity contribution in [3.05, 3.63) is 59.4 Å². The Kier molecular flexibility index (Phi) is 6.07.